The monoisotopic (exact) mass is 439 g/mol. The highest BCUT2D eigenvalue weighted by molar-refractivity contribution is 6.07. The van der Waals surface area contributed by atoms with E-state index in [-0.39, 0.29) is 5.78 Å². The van der Waals surface area contributed by atoms with Gasteiger partial charge in [-0.1, -0.05) is 0 Å². The van der Waals surface area contributed by atoms with Crippen LogP contribution in [-0.4, -0.2) is 76.6 Å². The van der Waals surface area contributed by atoms with E-state index in [0.717, 1.165) is 49.2 Å². The van der Waals surface area contributed by atoms with Crippen LogP contribution in [0.1, 0.15) is 48.9 Å². The van der Waals surface area contributed by atoms with Crippen LogP contribution in [0.5, 0.6) is 0 Å². The molecule has 2 aromatic rings. The Bertz CT molecular complexity index is 997. The summed E-state index contributed by atoms with van der Waals surface area (Å²) in [6, 6.07) is 2.41. The fourth-order valence-electron chi connectivity index (χ4n) is 6.77. The molecule has 3 unspecified atom stereocenters. The number of nitrogens with one attached hydrogen (secondary N) is 1. The zero-order valence-electron chi connectivity index (χ0n) is 19.8. The first kappa shape index (κ1) is 21.9. The Morgan fingerprint density at radius 3 is 2.53 bits per heavy atom. The molecule has 2 heterocycles. The highest BCUT2D eigenvalue weighted by Crippen LogP contribution is 2.56. The molecule has 4 fully saturated rings. The third-order valence-electron chi connectivity index (χ3n) is 7.86. The van der Waals surface area contributed by atoms with Crippen LogP contribution < -0.4 is 5.32 Å². The fraction of sp³-hybridized carbons (Fsp3) is 0.680. The summed E-state index contributed by atoms with van der Waals surface area (Å²) < 4.78 is 2.13. The van der Waals surface area contributed by atoms with Crippen LogP contribution >= 0.6 is 0 Å². The Morgan fingerprint density at radius 1 is 1.19 bits per heavy atom. The average Bonchev–Trinajstić information content (AvgIpc) is 3.10. The Labute approximate surface area is 190 Å². The third kappa shape index (κ3) is 3.95. The number of Topliss-reactive ketones (excluding diaryl/α,β-unsaturated/α-hetero) is 1. The Balaban J connectivity index is 1.51. The minimum absolute atomic E-state index is 0.137. The molecule has 7 heteroatoms. The van der Waals surface area contributed by atoms with Crippen molar-refractivity contribution in [2.24, 2.45) is 17.8 Å². The number of rotatable bonds is 8. The van der Waals surface area contributed by atoms with Crippen molar-refractivity contribution >= 4 is 22.5 Å². The first-order valence-electron chi connectivity index (χ1n) is 12.0. The Kier molecular flexibility index (Phi) is 5.55. The summed E-state index contributed by atoms with van der Waals surface area (Å²) in [5.74, 6) is 1.75. The smallest absolute Gasteiger partial charge is 0.167 e. The first-order valence-corrected chi connectivity index (χ1v) is 12.0. The number of hydrogen-bond acceptors (Lipinski definition) is 6. The second kappa shape index (κ2) is 8.12. The van der Waals surface area contributed by atoms with E-state index in [4.69, 9.17) is 4.98 Å². The van der Waals surface area contributed by atoms with Gasteiger partial charge in [0.15, 0.2) is 5.78 Å². The van der Waals surface area contributed by atoms with E-state index < -0.39 is 5.60 Å². The molecule has 32 heavy (non-hydrogen) atoms. The molecular weight excluding hydrogens is 402 g/mol. The van der Waals surface area contributed by atoms with Gasteiger partial charge in [0.1, 0.15) is 5.65 Å². The van der Waals surface area contributed by atoms with Crippen LogP contribution in [0.2, 0.25) is 0 Å². The van der Waals surface area contributed by atoms with Crippen LogP contribution in [0.25, 0.3) is 11.0 Å². The number of ketones is 1. The number of anilines is 1. The summed E-state index contributed by atoms with van der Waals surface area (Å²) in [6.07, 6.45) is 9.46. The molecule has 6 rings (SSSR count). The summed E-state index contributed by atoms with van der Waals surface area (Å²) in [6.45, 7) is 1.47. The van der Waals surface area contributed by atoms with Gasteiger partial charge in [-0.2, -0.15) is 0 Å². The summed E-state index contributed by atoms with van der Waals surface area (Å²) in [5.41, 5.74) is 2.10. The Morgan fingerprint density at radius 2 is 1.91 bits per heavy atom. The highest BCUT2D eigenvalue weighted by Gasteiger charge is 2.54. The lowest BCUT2D eigenvalue weighted by Gasteiger charge is -2.58. The molecule has 0 amide bonds. The third-order valence-corrected chi connectivity index (χ3v) is 7.86. The van der Waals surface area contributed by atoms with E-state index in [2.05, 4.69) is 27.0 Å². The lowest BCUT2D eigenvalue weighted by molar-refractivity contribution is -0.129. The maximum atomic E-state index is 13.2. The van der Waals surface area contributed by atoms with E-state index in [9.17, 15) is 9.90 Å². The van der Waals surface area contributed by atoms with E-state index in [1.165, 1.54) is 12.8 Å². The van der Waals surface area contributed by atoms with Gasteiger partial charge in [-0.05, 0) is 84.1 Å². The van der Waals surface area contributed by atoms with Crippen LogP contribution in [0.4, 0.5) is 5.69 Å². The van der Waals surface area contributed by atoms with Gasteiger partial charge >= 0.3 is 0 Å². The molecule has 2 aromatic heterocycles. The van der Waals surface area contributed by atoms with Gasteiger partial charge in [0, 0.05) is 36.8 Å². The van der Waals surface area contributed by atoms with Gasteiger partial charge in [0.25, 0.3) is 0 Å². The fourth-order valence-corrected chi connectivity index (χ4v) is 6.77. The van der Waals surface area contributed by atoms with E-state index in [1.54, 1.807) is 6.20 Å². The van der Waals surface area contributed by atoms with E-state index >= 15 is 0 Å². The molecule has 0 aromatic carbocycles. The van der Waals surface area contributed by atoms with Crippen molar-refractivity contribution in [3.63, 3.8) is 0 Å². The average molecular weight is 440 g/mol. The molecule has 0 saturated heterocycles. The summed E-state index contributed by atoms with van der Waals surface area (Å²) >= 11 is 0. The molecule has 174 valence electrons. The molecular formula is C25H37N5O2. The van der Waals surface area contributed by atoms with Crippen molar-refractivity contribution in [3.05, 3.63) is 24.0 Å². The number of hydrogen-bond donors (Lipinski definition) is 2. The SMILES string of the molecule is CN(C)CCC(=O)c1cnc2c(ccn2CN(C)C)c1NC1[C@@H]2CC3C[C@H]1CC(O)(C3)C2. The quantitative estimate of drug-likeness (QED) is 0.616. The van der Waals surface area contributed by atoms with Crippen molar-refractivity contribution < 1.29 is 9.90 Å². The number of nitrogens with zero attached hydrogens (tertiary/aromatic N) is 4. The van der Waals surface area contributed by atoms with Gasteiger partial charge in [0.05, 0.1) is 23.5 Å². The lowest BCUT2D eigenvalue weighted by Crippen LogP contribution is -2.59. The molecule has 7 nitrogen and oxygen atoms in total. The minimum Gasteiger partial charge on any atom is -0.390 e. The zero-order valence-corrected chi connectivity index (χ0v) is 19.8. The van der Waals surface area contributed by atoms with Crippen molar-refractivity contribution in [1.29, 1.82) is 0 Å². The number of carbonyl (C=O) groups is 1. The maximum Gasteiger partial charge on any atom is 0.167 e. The maximum absolute atomic E-state index is 13.2. The lowest BCUT2D eigenvalue weighted by atomic mass is 9.52. The normalized spacial score (nSPS) is 31.2. The molecule has 0 aliphatic heterocycles. The number of carbonyl (C=O) groups excluding carboxylic acids is 1. The van der Waals surface area contributed by atoms with Gasteiger partial charge in [-0.15, -0.1) is 0 Å². The molecule has 4 aliphatic rings. The topological polar surface area (TPSA) is 73.6 Å². The van der Waals surface area contributed by atoms with Crippen molar-refractivity contribution in [2.45, 2.75) is 56.8 Å². The van der Waals surface area contributed by atoms with Crippen molar-refractivity contribution in [3.8, 4) is 0 Å². The Hall–Kier alpha value is -1.96. The van der Waals surface area contributed by atoms with Crippen LogP contribution in [0, 0.1) is 17.8 Å². The van der Waals surface area contributed by atoms with Crippen LogP contribution in [0.3, 0.4) is 0 Å². The van der Waals surface area contributed by atoms with Gasteiger partial charge in [-0.25, -0.2) is 4.98 Å². The van der Waals surface area contributed by atoms with Crippen molar-refractivity contribution in [1.82, 2.24) is 19.4 Å². The second-order valence-corrected chi connectivity index (χ2v) is 11.1. The first-order chi connectivity index (χ1) is 15.2. The molecule has 4 saturated carbocycles. The number of aliphatic hydroxyl groups is 1. The van der Waals surface area contributed by atoms with Gasteiger partial charge in [-0.3, -0.25) is 9.69 Å². The van der Waals surface area contributed by atoms with E-state index in [1.807, 2.05) is 33.1 Å². The molecule has 0 spiro atoms. The van der Waals surface area contributed by atoms with Crippen LogP contribution in [0.15, 0.2) is 18.5 Å². The summed E-state index contributed by atoms with van der Waals surface area (Å²) in [5, 5.41) is 15.9. The van der Waals surface area contributed by atoms with Gasteiger partial charge < -0.3 is 19.9 Å². The molecule has 4 aliphatic carbocycles. The highest BCUT2D eigenvalue weighted by atomic mass is 16.3. The largest absolute Gasteiger partial charge is 0.390 e. The number of aromatic nitrogens is 2. The molecule has 0 radical (unpaired) electrons. The minimum atomic E-state index is -0.457. The predicted octanol–water partition coefficient (Wildman–Crippen LogP) is 3.04. The molecule has 4 bridgehead atoms. The van der Waals surface area contributed by atoms with Crippen molar-refractivity contribution in [2.75, 3.05) is 40.1 Å². The molecule has 2 N–H and O–H groups in total. The predicted molar refractivity (Wildman–Crippen MR) is 127 cm³/mol. The van der Waals surface area contributed by atoms with Gasteiger partial charge in [0.2, 0.25) is 0 Å². The summed E-state index contributed by atoms with van der Waals surface area (Å²) in [4.78, 5) is 22.1. The summed E-state index contributed by atoms with van der Waals surface area (Å²) in [7, 11) is 8.08. The number of pyridine rings is 1. The van der Waals surface area contributed by atoms with E-state index in [0.29, 0.717) is 35.8 Å². The number of fused-ring (bicyclic) bond motifs is 1. The second-order valence-electron chi connectivity index (χ2n) is 11.1. The standard InChI is InChI=1S/C25H37N5O2/c1-28(2)7-6-21(31)20-14-26-24-19(5-8-30(24)15-29(3)4)23(20)27-22-17-9-16-10-18(22)13-25(32,11-16)12-17/h5,8,14,16-18,22,32H,6-7,9-13,15H2,1-4H3,(H,26,27)/t16?,17-,18+,22?,25?. The zero-order chi connectivity index (χ0) is 22.6. The molecule has 5 atom stereocenters. The van der Waals surface area contributed by atoms with Crippen LogP contribution in [-0.2, 0) is 6.67 Å².